The smallest absolute Gasteiger partial charge is 0.339 e. The maximum atomic E-state index is 13.5. The van der Waals surface area contributed by atoms with Crippen molar-refractivity contribution < 1.29 is 22.8 Å². The normalized spacial score (nSPS) is 16.6. The lowest BCUT2D eigenvalue weighted by Gasteiger charge is -2.31. The van der Waals surface area contributed by atoms with Gasteiger partial charge in [-0.1, -0.05) is 11.6 Å². The number of hydrogen-bond donors (Lipinski definition) is 4. The highest BCUT2D eigenvalue weighted by atomic mass is 35.5. The van der Waals surface area contributed by atoms with E-state index in [-0.39, 0.29) is 34.7 Å². The average molecular weight is 550 g/mol. The van der Waals surface area contributed by atoms with E-state index in [4.69, 9.17) is 17.3 Å². The molecular weight excluding hydrogens is 523 g/mol. The number of H-pyrrole nitrogens is 2. The molecule has 202 valence electrons. The van der Waals surface area contributed by atoms with E-state index in [0.717, 1.165) is 25.7 Å². The molecule has 0 radical (unpaired) electrons. The SMILES string of the molecule is NCC1CCN(C(=O)c2ccc(NC(=O)c3ncc(Cc4c(C(F)(F)F)n[nH]c4C4CC4)[nH]3)cc2Cl)CC1. The lowest BCUT2D eigenvalue weighted by Crippen LogP contribution is -2.40. The van der Waals surface area contributed by atoms with Crippen molar-refractivity contribution >= 4 is 29.1 Å². The number of nitrogens with zero attached hydrogens (tertiary/aromatic N) is 3. The van der Waals surface area contributed by atoms with E-state index in [1.165, 1.54) is 12.3 Å². The highest BCUT2D eigenvalue weighted by Gasteiger charge is 2.40. The van der Waals surface area contributed by atoms with E-state index in [1.807, 2.05) is 0 Å². The highest BCUT2D eigenvalue weighted by Crippen LogP contribution is 2.44. The van der Waals surface area contributed by atoms with Gasteiger partial charge in [0, 0.05) is 54.3 Å². The molecule has 38 heavy (non-hydrogen) atoms. The van der Waals surface area contributed by atoms with Crippen LogP contribution >= 0.6 is 11.6 Å². The number of carbonyl (C=O) groups is 2. The first-order valence-corrected chi connectivity index (χ1v) is 12.8. The summed E-state index contributed by atoms with van der Waals surface area (Å²) in [4.78, 5) is 34.2. The molecule has 0 bridgehead atoms. The van der Waals surface area contributed by atoms with Gasteiger partial charge >= 0.3 is 6.18 Å². The molecule has 1 aliphatic carbocycles. The van der Waals surface area contributed by atoms with Gasteiger partial charge in [-0.15, -0.1) is 0 Å². The van der Waals surface area contributed by atoms with Crippen molar-refractivity contribution in [1.82, 2.24) is 25.1 Å². The Morgan fingerprint density at radius 1 is 1.18 bits per heavy atom. The van der Waals surface area contributed by atoms with Crippen LogP contribution in [-0.2, 0) is 12.6 Å². The number of amides is 2. The van der Waals surface area contributed by atoms with Crippen molar-refractivity contribution in [1.29, 1.82) is 0 Å². The largest absolute Gasteiger partial charge is 0.435 e. The number of hydrogen-bond acceptors (Lipinski definition) is 5. The number of alkyl halides is 3. The van der Waals surface area contributed by atoms with Gasteiger partial charge in [-0.3, -0.25) is 14.7 Å². The van der Waals surface area contributed by atoms with Crippen LogP contribution in [-0.4, -0.2) is 56.5 Å². The zero-order valence-corrected chi connectivity index (χ0v) is 21.1. The zero-order valence-electron chi connectivity index (χ0n) is 20.4. The summed E-state index contributed by atoms with van der Waals surface area (Å²) in [5.74, 6) is -0.385. The number of nitrogens with one attached hydrogen (secondary N) is 3. The van der Waals surface area contributed by atoms with E-state index < -0.39 is 17.8 Å². The van der Waals surface area contributed by atoms with E-state index in [9.17, 15) is 22.8 Å². The van der Waals surface area contributed by atoms with Gasteiger partial charge in [-0.05, 0) is 56.3 Å². The Morgan fingerprint density at radius 3 is 2.55 bits per heavy atom. The van der Waals surface area contributed by atoms with Gasteiger partial charge in [0.1, 0.15) is 0 Å². The van der Waals surface area contributed by atoms with E-state index in [1.54, 1.807) is 17.0 Å². The second kappa shape index (κ2) is 10.4. The van der Waals surface area contributed by atoms with Crippen LogP contribution in [0.25, 0.3) is 0 Å². The van der Waals surface area contributed by atoms with Crippen molar-refractivity contribution in [3.63, 3.8) is 0 Å². The van der Waals surface area contributed by atoms with Crippen LogP contribution in [0, 0.1) is 5.92 Å². The minimum absolute atomic E-state index is 0.0386. The topological polar surface area (TPSA) is 133 Å². The van der Waals surface area contributed by atoms with Crippen molar-refractivity contribution in [2.24, 2.45) is 11.7 Å². The van der Waals surface area contributed by atoms with Crippen molar-refractivity contribution in [3.05, 3.63) is 63.5 Å². The third-order valence-corrected chi connectivity index (χ3v) is 7.37. The number of anilines is 1. The summed E-state index contributed by atoms with van der Waals surface area (Å²) < 4.78 is 40.4. The second-order valence-electron chi connectivity index (χ2n) is 9.79. The molecule has 1 aromatic carbocycles. The Hall–Kier alpha value is -3.38. The number of likely N-dealkylation sites (tertiary alicyclic amines) is 1. The summed E-state index contributed by atoms with van der Waals surface area (Å²) in [5.41, 5.74) is 6.34. The number of nitrogens with two attached hydrogens (primary N) is 1. The molecule has 1 saturated carbocycles. The number of aromatic nitrogens is 4. The van der Waals surface area contributed by atoms with Gasteiger partial charge in [-0.25, -0.2) is 4.98 Å². The molecule has 2 amide bonds. The standard InChI is InChI=1S/C25H27ClF3N7O2/c26-19-10-15(3-4-17(19)24(38)36-7-5-13(11-30)6-8-36)33-23(37)22-31-12-16(32-22)9-18-20(14-1-2-14)34-35-21(18)25(27,28)29/h3-4,10,12-14H,1-2,5-9,11,30H2,(H,31,32)(H,33,37)(H,34,35). The molecule has 2 aromatic heterocycles. The summed E-state index contributed by atoms with van der Waals surface area (Å²) in [5, 5.41) is 8.89. The lowest BCUT2D eigenvalue weighted by molar-refractivity contribution is -0.141. The first-order chi connectivity index (χ1) is 18.1. The Morgan fingerprint density at radius 2 is 1.92 bits per heavy atom. The fraction of sp³-hybridized carbons (Fsp3) is 0.440. The quantitative estimate of drug-likeness (QED) is 0.348. The van der Waals surface area contributed by atoms with E-state index in [0.29, 0.717) is 48.2 Å². The van der Waals surface area contributed by atoms with E-state index in [2.05, 4.69) is 25.5 Å². The molecule has 9 nitrogen and oxygen atoms in total. The van der Waals surface area contributed by atoms with Gasteiger partial charge in [0.05, 0.1) is 10.6 Å². The summed E-state index contributed by atoms with van der Waals surface area (Å²) in [6, 6.07) is 4.60. The lowest BCUT2D eigenvalue weighted by atomic mass is 9.96. The van der Waals surface area contributed by atoms with Crippen LogP contribution in [0.4, 0.5) is 18.9 Å². The molecule has 0 atom stereocenters. The zero-order chi connectivity index (χ0) is 27.0. The molecule has 13 heteroatoms. The van der Waals surface area contributed by atoms with Gasteiger partial charge in [0.25, 0.3) is 11.8 Å². The summed E-state index contributed by atoms with van der Waals surface area (Å²) in [6.45, 7) is 1.83. The predicted octanol–water partition coefficient (Wildman–Crippen LogP) is 4.34. The maximum absolute atomic E-state index is 13.5. The predicted molar refractivity (Wildman–Crippen MR) is 134 cm³/mol. The third-order valence-electron chi connectivity index (χ3n) is 7.06. The summed E-state index contributed by atoms with van der Waals surface area (Å²) >= 11 is 6.37. The monoisotopic (exact) mass is 549 g/mol. The number of halogens is 4. The van der Waals surface area contributed by atoms with Crippen LogP contribution in [0.3, 0.4) is 0 Å². The minimum atomic E-state index is -4.59. The molecule has 3 heterocycles. The fourth-order valence-electron chi connectivity index (χ4n) is 4.76. The Bertz CT molecular complexity index is 1340. The minimum Gasteiger partial charge on any atom is -0.339 e. The number of piperidine rings is 1. The van der Waals surface area contributed by atoms with Crippen LogP contribution in [0.2, 0.25) is 5.02 Å². The van der Waals surface area contributed by atoms with Crippen molar-refractivity contribution in [2.75, 3.05) is 25.0 Å². The highest BCUT2D eigenvalue weighted by molar-refractivity contribution is 6.34. The maximum Gasteiger partial charge on any atom is 0.435 e. The summed E-state index contributed by atoms with van der Waals surface area (Å²) in [6.07, 6.45) is -0.0408. The molecule has 5 N–H and O–H groups in total. The summed E-state index contributed by atoms with van der Waals surface area (Å²) in [7, 11) is 0. The first-order valence-electron chi connectivity index (χ1n) is 12.4. The molecule has 1 aliphatic heterocycles. The first kappa shape index (κ1) is 26.2. The molecule has 3 aromatic rings. The number of aromatic amines is 2. The van der Waals surface area contributed by atoms with Crippen LogP contribution < -0.4 is 11.1 Å². The Labute approximate surface area is 221 Å². The number of rotatable bonds is 7. The number of imidazole rings is 1. The molecule has 0 spiro atoms. The Balaban J connectivity index is 1.25. The van der Waals surface area contributed by atoms with Crippen molar-refractivity contribution in [2.45, 2.75) is 44.2 Å². The third kappa shape index (κ3) is 5.56. The average Bonchev–Trinajstić information content (AvgIpc) is 3.46. The van der Waals surface area contributed by atoms with Crippen molar-refractivity contribution in [3.8, 4) is 0 Å². The molecular formula is C25H27ClF3N7O2. The van der Waals surface area contributed by atoms with E-state index >= 15 is 0 Å². The van der Waals surface area contributed by atoms with Gasteiger partial charge < -0.3 is 20.9 Å². The number of benzene rings is 1. The molecule has 1 saturated heterocycles. The molecule has 2 fully saturated rings. The molecule has 0 unspecified atom stereocenters. The molecule has 2 aliphatic rings. The molecule has 5 rings (SSSR count). The van der Waals surface area contributed by atoms with Crippen LogP contribution in [0.1, 0.15) is 75.2 Å². The van der Waals surface area contributed by atoms with Gasteiger partial charge in [0.15, 0.2) is 11.5 Å². The second-order valence-corrected chi connectivity index (χ2v) is 10.2. The fourth-order valence-corrected chi connectivity index (χ4v) is 5.02. The van der Waals surface area contributed by atoms with Crippen LogP contribution in [0.5, 0.6) is 0 Å². The Kier molecular flexibility index (Phi) is 7.19. The van der Waals surface area contributed by atoms with Gasteiger partial charge in [-0.2, -0.15) is 18.3 Å². The number of carbonyl (C=O) groups excluding carboxylic acids is 2. The van der Waals surface area contributed by atoms with Crippen LogP contribution in [0.15, 0.2) is 24.4 Å². The van der Waals surface area contributed by atoms with Gasteiger partial charge in [0.2, 0.25) is 0 Å².